The zero-order valence-electron chi connectivity index (χ0n) is 14.8. The summed E-state index contributed by atoms with van der Waals surface area (Å²) in [6, 6.07) is 14.5. The van der Waals surface area contributed by atoms with Gasteiger partial charge in [-0.15, -0.1) is 5.10 Å². The zero-order valence-corrected chi connectivity index (χ0v) is 15.5. The summed E-state index contributed by atoms with van der Waals surface area (Å²) in [5, 5.41) is 11.8. The lowest BCUT2D eigenvalue weighted by Gasteiger charge is -2.11. The molecule has 1 N–H and O–H groups in total. The topological polar surface area (TPSA) is 72.7 Å². The normalized spacial score (nSPS) is 10.9. The number of aryl methyl sites for hydroxylation is 1. The zero-order chi connectivity index (χ0) is 19.0. The summed E-state index contributed by atoms with van der Waals surface area (Å²) in [5.74, 6) is -0.198. The molecule has 2 aromatic heterocycles. The number of hydrogen-bond acceptors (Lipinski definition) is 4. The van der Waals surface area contributed by atoms with Crippen LogP contribution >= 0.6 is 11.6 Å². The van der Waals surface area contributed by atoms with E-state index in [1.165, 1.54) is 0 Å². The van der Waals surface area contributed by atoms with Crippen molar-refractivity contribution >= 4 is 34.4 Å². The summed E-state index contributed by atoms with van der Waals surface area (Å²) >= 11 is 6.12. The molecule has 0 atom stereocenters. The van der Waals surface area contributed by atoms with Gasteiger partial charge in [-0.25, -0.2) is 4.98 Å². The SMILES string of the molecule is Cc1cc(C(=O)Nc2cccc(Cl)c2C)ccc1-n1nnc2cccnc21. The second-order valence-corrected chi connectivity index (χ2v) is 6.62. The van der Waals surface area contributed by atoms with Crippen molar-refractivity contribution in [3.05, 3.63) is 76.4 Å². The molecule has 27 heavy (non-hydrogen) atoms. The lowest BCUT2D eigenvalue weighted by Crippen LogP contribution is -2.13. The molecule has 4 aromatic rings. The fourth-order valence-corrected chi connectivity index (χ4v) is 3.07. The van der Waals surface area contributed by atoms with Crippen molar-refractivity contribution in [3.8, 4) is 5.69 Å². The van der Waals surface area contributed by atoms with Gasteiger partial charge in [-0.3, -0.25) is 4.79 Å². The van der Waals surface area contributed by atoms with Crippen LogP contribution in [0.15, 0.2) is 54.7 Å². The molecule has 0 bridgehead atoms. The summed E-state index contributed by atoms with van der Waals surface area (Å²) in [7, 11) is 0. The second-order valence-electron chi connectivity index (χ2n) is 6.22. The van der Waals surface area contributed by atoms with Crippen LogP contribution in [-0.2, 0) is 0 Å². The average Bonchev–Trinajstić information content (AvgIpc) is 3.09. The van der Waals surface area contributed by atoms with Crippen molar-refractivity contribution in [2.45, 2.75) is 13.8 Å². The van der Waals surface area contributed by atoms with Crippen LogP contribution in [0.2, 0.25) is 5.02 Å². The molecule has 2 heterocycles. The van der Waals surface area contributed by atoms with E-state index in [0.29, 0.717) is 21.9 Å². The first-order valence-corrected chi connectivity index (χ1v) is 8.76. The molecule has 2 aromatic carbocycles. The Bertz CT molecular complexity index is 1170. The van der Waals surface area contributed by atoms with Gasteiger partial charge in [0.1, 0.15) is 5.52 Å². The fourth-order valence-electron chi connectivity index (χ4n) is 2.90. The molecule has 134 valence electrons. The number of rotatable bonds is 3. The molecule has 0 saturated heterocycles. The minimum absolute atomic E-state index is 0.198. The maximum absolute atomic E-state index is 12.6. The van der Waals surface area contributed by atoms with Gasteiger partial charge >= 0.3 is 0 Å². The molecule has 0 saturated carbocycles. The molecule has 1 amide bonds. The van der Waals surface area contributed by atoms with E-state index in [2.05, 4.69) is 20.6 Å². The van der Waals surface area contributed by atoms with E-state index >= 15 is 0 Å². The molecule has 0 radical (unpaired) electrons. The Morgan fingerprint density at radius 2 is 1.96 bits per heavy atom. The molecule has 0 unspecified atom stereocenters. The number of aromatic nitrogens is 4. The van der Waals surface area contributed by atoms with Crippen molar-refractivity contribution in [1.82, 2.24) is 20.0 Å². The van der Waals surface area contributed by atoms with Gasteiger partial charge < -0.3 is 5.32 Å². The van der Waals surface area contributed by atoms with Gasteiger partial charge in [0.05, 0.1) is 5.69 Å². The molecule has 0 spiro atoms. The van der Waals surface area contributed by atoms with Crippen LogP contribution in [-0.4, -0.2) is 25.9 Å². The maximum Gasteiger partial charge on any atom is 0.255 e. The number of pyridine rings is 1. The first kappa shape index (κ1) is 17.2. The number of benzene rings is 2. The molecule has 4 rings (SSSR count). The summed E-state index contributed by atoms with van der Waals surface area (Å²) in [6.07, 6.45) is 1.70. The quantitative estimate of drug-likeness (QED) is 0.576. The van der Waals surface area contributed by atoms with Crippen LogP contribution in [0.5, 0.6) is 0 Å². The standard InChI is InChI=1S/C20H16ClN5O/c1-12-11-14(20(27)23-16-6-3-5-15(21)13(16)2)8-9-18(12)26-19-17(24-25-26)7-4-10-22-19/h3-11H,1-2H3,(H,23,27). The van der Waals surface area contributed by atoms with Crippen LogP contribution in [0.1, 0.15) is 21.5 Å². The van der Waals surface area contributed by atoms with Gasteiger partial charge in [-0.1, -0.05) is 22.9 Å². The summed E-state index contributed by atoms with van der Waals surface area (Å²) in [4.78, 5) is 17.0. The molecule has 6 nitrogen and oxygen atoms in total. The third-order valence-electron chi connectivity index (χ3n) is 4.41. The highest BCUT2D eigenvalue weighted by molar-refractivity contribution is 6.31. The number of hydrogen-bond donors (Lipinski definition) is 1. The van der Waals surface area contributed by atoms with Gasteiger partial charge in [0.15, 0.2) is 5.65 Å². The average molecular weight is 378 g/mol. The Hall–Kier alpha value is -3.25. The molecular weight excluding hydrogens is 362 g/mol. The molecule has 0 fully saturated rings. The first-order valence-electron chi connectivity index (χ1n) is 8.38. The number of fused-ring (bicyclic) bond motifs is 1. The van der Waals surface area contributed by atoms with E-state index in [0.717, 1.165) is 22.3 Å². The van der Waals surface area contributed by atoms with Crippen molar-refractivity contribution < 1.29 is 4.79 Å². The number of carbonyl (C=O) groups is 1. The maximum atomic E-state index is 12.6. The van der Waals surface area contributed by atoms with Crippen molar-refractivity contribution in [3.63, 3.8) is 0 Å². The van der Waals surface area contributed by atoms with Crippen LogP contribution in [0.25, 0.3) is 16.9 Å². The Morgan fingerprint density at radius 1 is 1.11 bits per heavy atom. The minimum Gasteiger partial charge on any atom is -0.322 e. The lowest BCUT2D eigenvalue weighted by molar-refractivity contribution is 0.102. The lowest BCUT2D eigenvalue weighted by atomic mass is 10.1. The van der Waals surface area contributed by atoms with E-state index in [-0.39, 0.29) is 5.91 Å². The number of carbonyl (C=O) groups excluding carboxylic acids is 1. The highest BCUT2D eigenvalue weighted by Gasteiger charge is 2.13. The van der Waals surface area contributed by atoms with E-state index in [1.54, 1.807) is 23.0 Å². The van der Waals surface area contributed by atoms with Crippen molar-refractivity contribution in [2.75, 3.05) is 5.32 Å². The number of nitrogens with one attached hydrogen (secondary N) is 1. The van der Waals surface area contributed by atoms with Crippen LogP contribution in [0, 0.1) is 13.8 Å². The van der Waals surface area contributed by atoms with E-state index < -0.39 is 0 Å². The smallest absolute Gasteiger partial charge is 0.255 e. The number of halogens is 1. The Labute approximate surface area is 160 Å². The molecule has 7 heteroatoms. The number of amides is 1. The predicted molar refractivity (Wildman–Crippen MR) is 106 cm³/mol. The molecule has 0 aliphatic carbocycles. The second kappa shape index (κ2) is 6.81. The van der Waals surface area contributed by atoms with E-state index in [1.807, 2.05) is 50.2 Å². The largest absolute Gasteiger partial charge is 0.322 e. The van der Waals surface area contributed by atoms with Gasteiger partial charge in [0, 0.05) is 22.5 Å². The molecule has 0 aliphatic rings. The molecular formula is C20H16ClN5O. The highest BCUT2D eigenvalue weighted by Crippen LogP contribution is 2.24. The van der Waals surface area contributed by atoms with Gasteiger partial charge in [-0.2, -0.15) is 4.68 Å². The monoisotopic (exact) mass is 377 g/mol. The van der Waals surface area contributed by atoms with Crippen molar-refractivity contribution in [2.24, 2.45) is 0 Å². The van der Waals surface area contributed by atoms with Crippen molar-refractivity contribution in [1.29, 1.82) is 0 Å². The summed E-state index contributed by atoms with van der Waals surface area (Å²) in [5.41, 5.74) is 5.19. The van der Waals surface area contributed by atoms with Crippen LogP contribution in [0.3, 0.4) is 0 Å². The minimum atomic E-state index is -0.198. The number of nitrogens with zero attached hydrogens (tertiary/aromatic N) is 4. The Balaban J connectivity index is 1.65. The Morgan fingerprint density at radius 3 is 2.78 bits per heavy atom. The van der Waals surface area contributed by atoms with E-state index in [4.69, 9.17) is 11.6 Å². The third-order valence-corrected chi connectivity index (χ3v) is 4.82. The first-order chi connectivity index (χ1) is 13.0. The number of anilines is 1. The predicted octanol–water partition coefficient (Wildman–Crippen LogP) is 4.34. The van der Waals surface area contributed by atoms with Gasteiger partial charge in [0.25, 0.3) is 5.91 Å². The van der Waals surface area contributed by atoms with Crippen LogP contribution in [0.4, 0.5) is 5.69 Å². The third kappa shape index (κ3) is 3.15. The van der Waals surface area contributed by atoms with Gasteiger partial charge in [0.2, 0.25) is 0 Å². The van der Waals surface area contributed by atoms with Crippen LogP contribution < -0.4 is 5.32 Å². The molecule has 0 aliphatic heterocycles. The summed E-state index contributed by atoms with van der Waals surface area (Å²) in [6.45, 7) is 3.79. The highest BCUT2D eigenvalue weighted by atomic mass is 35.5. The fraction of sp³-hybridized carbons (Fsp3) is 0.100. The van der Waals surface area contributed by atoms with E-state index in [9.17, 15) is 4.79 Å². The summed E-state index contributed by atoms with van der Waals surface area (Å²) < 4.78 is 1.67. The van der Waals surface area contributed by atoms with Gasteiger partial charge in [-0.05, 0) is 67.4 Å². The Kier molecular flexibility index (Phi) is 4.33.